The standard InChI is InChI=1S/C43H62O11/c1-7-28-22(4)16-32-36(49-28)24(6)37-33(48-32)18-31-23(5)20(2)14-25(46-31)8-10-29-21(3)15-27(45-29)12-13-43-19-34-39(53-43)40-41(51-34)42(54-43)38-30(50-40)11-9-26(47-38)17-35(44)52-37/h20,22,24-34,36-42H,3,5,7-19H2,1-2,4,6H3/t20-,22-,24+,25+,26-,27+,28-,29+,30+,31-,32+,33+,34-,36+,37-,38+,39?,40+,41-,42?,43+/m1/s1. The Kier molecular flexibility index (Phi) is 9.67. The number of hydrogen-bond acceptors (Lipinski definition) is 11. The monoisotopic (exact) mass is 754 g/mol. The van der Waals surface area contributed by atoms with Crippen molar-refractivity contribution in [2.45, 2.75) is 221 Å². The summed E-state index contributed by atoms with van der Waals surface area (Å²) in [7, 11) is 0. The molecular formula is C43H62O11. The van der Waals surface area contributed by atoms with Gasteiger partial charge in [-0.25, -0.2) is 0 Å². The van der Waals surface area contributed by atoms with Crippen molar-refractivity contribution < 1.29 is 52.2 Å². The Balaban J connectivity index is 0.938. The molecule has 2 unspecified atom stereocenters. The highest BCUT2D eigenvalue weighted by molar-refractivity contribution is 5.70. The predicted octanol–water partition coefficient (Wildman–Crippen LogP) is 5.89. The lowest BCUT2D eigenvalue weighted by molar-refractivity contribution is -0.293. The SMILES string of the molecule is C=C1C[C@@H]2CC[C@@]34C[C@H]5O[C@H]6C(O3)[C@H]3O[C@H](CC[C@@H]3O[C@H]6C5O4)CC(=O)O[C@@H]3[C@@H](C)[C@@H]4O[C@H](CC)[C@H](C)C[C@@H]4O[C@H]3C[C@H]3O[C@@H](CC[C@@H]1O2)C[C@@H](C)C3=C. The molecular weight excluding hydrogens is 692 g/mol. The third-order valence-electron chi connectivity index (χ3n) is 15.1. The van der Waals surface area contributed by atoms with Crippen LogP contribution in [0, 0.1) is 17.8 Å². The molecule has 11 aliphatic rings. The average Bonchev–Trinajstić information content (AvgIpc) is 3.73. The van der Waals surface area contributed by atoms with Gasteiger partial charge in [0.15, 0.2) is 5.79 Å². The van der Waals surface area contributed by atoms with Crippen LogP contribution in [0.15, 0.2) is 24.3 Å². The summed E-state index contributed by atoms with van der Waals surface area (Å²) in [5.74, 6) is -0.417. The van der Waals surface area contributed by atoms with E-state index in [9.17, 15) is 4.79 Å². The second-order valence-electron chi connectivity index (χ2n) is 18.8. The Morgan fingerprint density at radius 1 is 0.630 bits per heavy atom. The number of carbonyl (C=O) groups excluding carboxylic acids is 1. The number of rotatable bonds is 1. The maximum Gasteiger partial charge on any atom is 0.308 e. The van der Waals surface area contributed by atoms with Gasteiger partial charge in [0.2, 0.25) is 0 Å². The molecule has 11 nitrogen and oxygen atoms in total. The second-order valence-corrected chi connectivity index (χ2v) is 18.8. The molecule has 1 spiro atoms. The zero-order valence-corrected chi connectivity index (χ0v) is 32.6. The van der Waals surface area contributed by atoms with Crippen LogP contribution in [-0.4, -0.2) is 116 Å². The Labute approximate surface area is 320 Å². The van der Waals surface area contributed by atoms with Gasteiger partial charge in [-0.15, -0.1) is 0 Å². The van der Waals surface area contributed by atoms with Crippen molar-refractivity contribution in [2.75, 3.05) is 0 Å². The van der Waals surface area contributed by atoms with Gasteiger partial charge in [-0.1, -0.05) is 40.9 Å². The predicted molar refractivity (Wildman–Crippen MR) is 194 cm³/mol. The van der Waals surface area contributed by atoms with Crippen LogP contribution in [0.1, 0.15) is 111 Å². The van der Waals surface area contributed by atoms with E-state index < -0.39 is 11.9 Å². The van der Waals surface area contributed by atoms with E-state index in [-0.39, 0.29) is 116 Å². The van der Waals surface area contributed by atoms with E-state index in [1.807, 2.05) is 0 Å². The molecule has 11 rings (SSSR count). The van der Waals surface area contributed by atoms with E-state index in [4.69, 9.17) is 47.4 Å². The van der Waals surface area contributed by atoms with Crippen LogP contribution in [0.3, 0.4) is 0 Å². The van der Waals surface area contributed by atoms with Crippen molar-refractivity contribution in [1.82, 2.24) is 0 Å². The van der Waals surface area contributed by atoms with Crippen LogP contribution in [0.25, 0.3) is 0 Å². The number of fused-ring (bicyclic) bond motifs is 7. The van der Waals surface area contributed by atoms with Crippen LogP contribution in [0.5, 0.6) is 0 Å². The summed E-state index contributed by atoms with van der Waals surface area (Å²) in [6, 6.07) is 0. The molecule has 11 saturated heterocycles. The summed E-state index contributed by atoms with van der Waals surface area (Å²) in [5, 5.41) is 0. The van der Waals surface area contributed by atoms with Crippen molar-refractivity contribution >= 4 is 5.97 Å². The van der Waals surface area contributed by atoms with Crippen LogP contribution in [0.4, 0.5) is 0 Å². The molecule has 0 aromatic carbocycles. The highest BCUT2D eigenvalue weighted by Gasteiger charge is 2.69. The van der Waals surface area contributed by atoms with E-state index in [0.29, 0.717) is 37.5 Å². The molecule has 54 heavy (non-hydrogen) atoms. The first kappa shape index (κ1) is 36.9. The first-order valence-electron chi connectivity index (χ1n) is 21.5. The first-order chi connectivity index (χ1) is 26.0. The van der Waals surface area contributed by atoms with E-state index in [1.54, 1.807) is 0 Å². The Hall–Kier alpha value is -1.41. The van der Waals surface area contributed by atoms with Crippen molar-refractivity contribution in [2.24, 2.45) is 17.8 Å². The maximum absolute atomic E-state index is 14.1. The highest BCUT2D eigenvalue weighted by Crippen LogP contribution is 2.54. The van der Waals surface area contributed by atoms with E-state index in [1.165, 1.54) is 0 Å². The smallest absolute Gasteiger partial charge is 0.308 e. The molecule has 11 aliphatic heterocycles. The molecule has 0 saturated carbocycles. The summed E-state index contributed by atoms with van der Waals surface area (Å²) < 4.78 is 67.7. The second kappa shape index (κ2) is 14.2. The van der Waals surface area contributed by atoms with Gasteiger partial charge in [-0.2, -0.15) is 0 Å². The summed E-state index contributed by atoms with van der Waals surface area (Å²) in [5.41, 5.74) is 2.25. The lowest BCUT2D eigenvalue weighted by Crippen LogP contribution is -2.62. The Morgan fingerprint density at radius 2 is 1.37 bits per heavy atom. The van der Waals surface area contributed by atoms with Crippen LogP contribution < -0.4 is 0 Å². The molecule has 0 aromatic heterocycles. The van der Waals surface area contributed by atoms with Crippen LogP contribution in [0.2, 0.25) is 0 Å². The zero-order valence-electron chi connectivity index (χ0n) is 32.6. The van der Waals surface area contributed by atoms with Gasteiger partial charge in [0.25, 0.3) is 0 Å². The maximum atomic E-state index is 14.1. The number of ether oxygens (including phenoxy) is 10. The van der Waals surface area contributed by atoms with E-state index in [0.717, 1.165) is 62.5 Å². The molecule has 11 fully saturated rings. The Morgan fingerprint density at radius 3 is 2.22 bits per heavy atom. The fraction of sp³-hybridized carbons (Fsp3) is 0.884. The molecule has 0 aliphatic carbocycles. The number of carbonyl (C=O) groups is 1. The summed E-state index contributed by atoms with van der Waals surface area (Å²) in [6.07, 6.45) is 6.99. The van der Waals surface area contributed by atoms with Gasteiger partial charge in [0, 0.05) is 25.2 Å². The summed E-state index contributed by atoms with van der Waals surface area (Å²) in [6.45, 7) is 17.8. The molecule has 0 amide bonds. The minimum Gasteiger partial charge on any atom is -0.459 e. The quantitative estimate of drug-likeness (QED) is 0.236. The number of hydrogen-bond donors (Lipinski definition) is 0. The summed E-state index contributed by atoms with van der Waals surface area (Å²) in [4.78, 5) is 14.1. The lowest BCUT2D eigenvalue weighted by Gasteiger charge is -2.51. The van der Waals surface area contributed by atoms with Gasteiger partial charge < -0.3 is 47.4 Å². The van der Waals surface area contributed by atoms with E-state index in [2.05, 4.69) is 40.9 Å². The molecule has 21 atom stereocenters. The fourth-order valence-corrected chi connectivity index (χ4v) is 12.2. The molecule has 300 valence electrons. The Bertz CT molecular complexity index is 1470. The van der Waals surface area contributed by atoms with E-state index >= 15 is 0 Å². The van der Waals surface area contributed by atoms with Gasteiger partial charge in [0.05, 0.1) is 73.6 Å². The minimum atomic E-state index is -0.778. The van der Waals surface area contributed by atoms with Crippen molar-refractivity contribution in [3.63, 3.8) is 0 Å². The number of esters is 1. The van der Waals surface area contributed by atoms with Crippen molar-refractivity contribution in [1.29, 1.82) is 0 Å². The normalized spacial score (nSPS) is 55.7. The minimum absolute atomic E-state index is 0.000666. The van der Waals surface area contributed by atoms with Crippen molar-refractivity contribution in [3.8, 4) is 0 Å². The molecule has 0 aromatic rings. The largest absolute Gasteiger partial charge is 0.459 e. The summed E-state index contributed by atoms with van der Waals surface area (Å²) >= 11 is 0. The van der Waals surface area contributed by atoms with Gasteiger partial charge >= 0.3 is 5.97 Å². The molecule has 11 heteroatoms. The van der Waals surface area contributed by atoms with Gasteiger partial charge in [0.1, 0.15) is 36.6 Å². The zero-order chi connectivity index (χ0) is 37.0. The molecule has 12 bridgehead atoms. The average molecular weight is 755 g/mol. The topological polar surface area (TPSA) is 109 Å². The highest BCUT2D eigenvalue weighted by atomic mass is 16.8. The first-order valence-corrected chi connectivity index (χ1v) is 21.5. The lowest BCUT2D eigenvalue weighted by atomic mass is 9.78. The third-order valence-corrected chi connectivity index (χ3v) is 15.1. The van der Waals surface area contributed by atoms with Crippen molar-refractivity contribution in [3.05, 3.63) is 24.3 Å². The van der Waals surface area contributed by atoms with Crippen LogP contribution >= 0.6 is 0 Å². The third kappa shape index (κ3) is 6.38. The fourth-order valence-electron chi connectivity index (χ4n) is 12.2. The van der Waals surface area contributed by atoms with Gasteiger partial charge in [-0.05, 0) is 80.8 Å². The molecule has 0 N–H and O–H groups in total. The van der Waals surface area contributed by atoms with Crippen LogP contribution in [-0.2, 0) is 52.2 Å². The van der Waals surface area contributed by atoms with Gasteiger partial charge in [-0.3, -0.25) is 4.79 Å². The molecule has 0 radical (unpaired) electrons. The molecule has 11 heterocycles.